The zero-order valence-electron chi connectivity index (χ0n) is 8.62. The van der Waals surface area contributed by atoms with Gasteiger partial charge in [0.2, 0.25) is 5.91 Å². The molecule has 0 aliphatic carbocycles. The van der Waals surface area contributed by atoms with Gasteiger partial charge in [0.15, 0.2) is 0 Å². The van der Waals surface area contributed by atoms with Gasteiger partial charge < -0.3 is 11.1 Å². The second-order valence-electron chi connectivity index (χ2n) is 3.20. The number of amides is 2. The summed E-state index contributed by atoms with van der Waals surface area (Å²) in [5.41, 5.74) is 6.61. The van der Waals surface area contributed by atoms with Crippen LogP contribution in [0.2, 0.25) is 0 Å². The molecule has 0 heterocycles. The number of carbonyl (C=O) groups excluding carboxylic acids is 2. The van der Waals surface area contributed by atoms with Crippen molar-refractivity contribution in [2.45, 2.75) is 13.3 Å². The lowest BCUT2D eigenvalue weighted by Gasteiger charge is -2.03. The van der Waals surface area contributed by atoms with E-state index in [-0.39, 0.29) is 12.5 Å². The third-order valence-corrected chi connectivity index (χ3v) is 2.05. The van der Waals surface area contributed by atoms with E-state index in [4.69, 9.17) is 5.73 Å². The largest absolute Gasteiger partial charge is 0.368 e. The molecule has 1 aromatic carbocycles. The number of aryl methyl sites for hydroxylation is 1. The molecular formula is C11H14N2O2. The second-order valence-corrected chi connectivity index (χ2v) is 3.20. The standard InChI is InChI=1S/C11H14N2O2/c1-2-8-3-5-9(6-4-8)11(15)13-7-10(12)14/h3-6H,2,7H2,1H3,(H2,12,14)(H,13,15). The van der Waals surface area contributed by atoms with E-state index < -0.39 is 5.91 Å². The SMILES string of the molecule is CCc1ccc(C(=O)NCC(N)=O)cc1. The average molecular weight is 206 g/mol. The van der Waals surface area contributed by atoms with Gasteiger partial charge in [0, 0.05) is 5.56 Å². The lowest BCUT2D eigenvalue weighted by atomic mass is 10.1. The van der Waals surface area contributed by atoms with Crippen LogP contribution in [0, 0.1) is 0 Å². The van der Waals surface area contributed by atoms with E-state index in [0.717, 1.165) is 6.42 Å². The fourth-order valence-electron chi connectivity index (χ4n) is 1.16. The van der Waals surface area contributed by atoms with Crippen LogP contribution < -0.4 is 11.1 Å². The van der Waals surface area contributed by atoms with Gasteiger partial charge in [-0.05, 0) is 24.1 Å². The van der Waals surface area contributed by atoms with E-state index >= 15 is 0 Å². The summed E-state index contributed by atoms with van der Waals surface area (Å²) in [4.78, 5) is 21.9. The van der Waals surface area contributed by atoms with E-state index in [9.17, 15) is 9.59 Å². The quantitative estimate of drug-likeness (QED) is 0.751. The molecule has 2 amide bonds. The Hall–Kier alpha value is -1.84. The van der Waals surface area contributed by atoms with Crippen LogP contribution in [0.15, 0.2) is 24.3 Å². The van der Waals surface area contributed by atoms with Gasteiger partial charge in [-0.1, -0.05) is 19.1 Å². The van der Waals surface area contributed by atoms with E-state index in [0.29, 0.717) is 5.56 Å². The minimum absolute atomic E-state index is 0.131. The predicted molar refractivity (Wildman–Crippen MR) is 57.3 cm³/mol. The third kappa shape index (κ3) is 3.42. The fraction of sp³-hybridized carbons (Fsp3) is 0.273. The van der Waals surface area contributed by atoms with E-state index in [2.05, 4.69) is 5.32 Å². The number of benzene rings is 1. The Balaban J connectivity index is 2.62. The molecule has 0 fully saturated rings. The third-order valence-electron chi connectivity index (χ3n) is 2.05. The van der Waals surface area contributed by atoms with Crippen molar-refractivity contribution in [2.24, 2.45) is 5.73 Å². The van der Waals surface area contributed by atoms with E-state index in [1.807, 2.05) is 19.1 Å². The summed E-state index contributed by atoms with van der Waals surface area (Å²) >= 11 is 0. The second kappa shape index (κ2) is 5.14. The van der Waals surface area contributed by atoms with Gasteiger partial charge in [0.05, 0.1) is 6.54 Å². The summed E-state index contributed by atoms with van der Waals surface area (Å²) in [6.45, 7) is 1.91. The van der Waals surface area contributed by atoms with Crippen molar-refractivity contribution in [3.8, 4) is 0 Å². The molecule has 0 bridgehead atoms. The number of nitrogens with one attached hydrogen (secondary N) is 1. The first-order valence-electron chi connectivity index (χ1n) is 4.79. The molecule has 4 nitrogen and oxygen atoms in total. The highest BCUT2D eigenvalue weighted by atomic mass is 16.2. The number of nitrogens with two attached hydrogens (primary N) is 1. The maximum Gasteiger partial charge on any atom is 0.251 e. The zero-order chi connectivity index (χ0) is 11.3. The molecule has 1 aromatic rings. The topological polar surface area (TPSA) is 72.2 Å². The Morgan fingerprint density at radius 2 is 1.87 bits per heavy atom. The fourth-order valence-corrected chi connectivity index (χ4v) is 1.16. The van der Waals surface area contributed by atoms with Crippen LogP contribution in [0.4, 0.5) is 0 Å². The van der Waals surface area contributed by atoms with Crippen LogP contribution in [0.5, 0.6) is 0 Å². The van der Waals surface area contributed by atoms with Crippen LogP contribution in [0.3, 0.4) is 0 Å². The molecule has 0 saturated carbocycles. The minimum atomic E-state index is -0.548. The van der Waals surface area contributed by atoms with Crippen molar-refractivity contribution in [3.05, 3.63) is 35.4 Å². The Labute approximate surface area is 88.5 Å². The lowest BCUT2D eigenvalue weighted by molar-refractivity contribution is -0.117. The Kier molecular flexibility index (Phi) is 3.85. The molecular weight excluding hydrogens is 192 g/mol. The number of hydrogen-bond acceptors (Lipinski definition) is 2. The minimum Gasteiger partial charge on any atom is -0.368 e. The summed E-state index contributed by atoms with van der Waals surface area (Å²) in [6, 6.07) is 7.24. The Bertz CT molecular complexity index is 357. The molecule has 3 N–H and O–H groups in total. The highest BCUT2D eigenvalue weighted by Crippen LogP contribution is 2.04. The van der Waals surface area contributed by atoms with Crippen molar-refractivity contribution in [3.63, 3.8) is 0 Å². The van der Waals surface area contributed by atoms with Gasteiger partial charge in [-0.25, -0.2) is 0 Å². The number of hydrogen-bond donors (Lipinski definition) is 2. The van der Waals surface area contributed by atoms with Crippen LogP contribution in [-0.2, 0) is 11.2 Å². The van der Waals surface area contributed by atoms with Gasteiger partial charge in [-0.3, -0.25) is 9.59 Å². The molecule has 0 spiro atoms. The molecule has 15 heavy (non-hydrogen) atoms. The normalized spacial score (nSPS) is 9.67. The van der Waals surface area contributed by atoms with Crippen LogP contribution >= 0.6 is 0 Å². The average Bonchev–Trinajstić information content (AvgIpc) is 2.26. The number of carbonyl (C=O) groups is 2. The summed E-state index contributed by atoms with van der Waals surface area (Å²) in [5.74, 6) is -0.829. The smallest absolute Gasteiger partial charge is 0.251 e. The summed E-state index contributed by atoms with van der Waals surface area (Å²) in [7, 11) is 0. The molecule has 0 aliphatic rings. The van der Waals surface area contributed by atoms with Crippen molar-refractivity contribution in [1.29, 1.82) is 0 Å². The predicted octanol–water partition coefficient (Wildman–Crippen LogP) is 0.464. The molecule has 0 unspecified atom stereocenters. The van der Waals surface area contributed by atoms with Gasteiger partial charge in [0.1, 0.15) is 0 Å². The first kappa shape index (κ1) is 11.2. The summed E-state index contributed by atoms with van der Waals surface area (Å²) < 4.78 is 0. The highest BCUT2D eigenvalue weighted by Gasteiger charge is 2.05. The van der Waals surface area contributed by atoms with Crippen LogP contribution in [0.25, 0.3) is 0 Å². The summed E-state index contributed by atoms with van der Waals surface area (Å²) in [6.07, 6.45) is 0.934. The molecule has 0 aromatic heterocycles. The molecule has 0 saturated heterocycles. The van der Waals surface area contributed by atoms with E-state index in [1.165, 1.54) is 5.56 Å². The molecule has 0 radical (unpaired) electrons. The number of rotatable bonds is 4. The Morgan fingerprint density at radius 1 is 1.27 bits per heavy atom. The highest BCUT2D eigenvalue weighted by molar-refractivity contribution is 5.96. The van der Waals surface area contributed by atoms with Crippen molar-refractivity contribution >= 4 is 11.8 Å². The van der Waals surface area contributed by atoms with E-state index in [1.54, 1.807) is 12.1 Å². The monoisotopic (exact) mass is 206 g/mol. The maximum atomic E-state index is 11.4. The van der Waals surface area contributed by atoms with Gasteiger partial charge in [-0.2, -0.15) is 0 Å². The number of primary amides is 1. The van der Waals surface area contributed by atoms with Crippen molar-refractivity contribution in [2.75, 3.05) is 6.54 Å². The van der Waals surface area contributed by atoms with Crippen LogP contribution in [0.1, 0.15) is 22.8 Å². The molecule has 80 valence electrons. The van der Waals surface area contributed by atoms with Gasteiger partial charge >= 0.3 is 0 Å². The first-order chi connectivity index (χ1) is 7.13. The molecule has 0 atom stereocenters. The lowest BCUT2D eigenvalue weighted by Crippen LogP contribution is -2.33. The molecule has 4 heteroatoms. The molecule has 1 rings (SSSR count). The molecule has 0 aliphatic heterocycles. The van der Waals surface area contributed by atoms with Gasteiger partial charge in [-0.15, -0.1) is 0 Å². The van der Waals surface area contributed by atoms with Crippen LogP contribution in [-0.4, -0.2) is 18.4 Å². The first-order valence-corrected chi connectivity index (χ1v) is 4.79. The van der Waals surface area contributed by atoms with Gasteiger partial charge in [0.25, 0.3) is 5.91 Å². The Morgan fingerprint density at radius 3 is 2.33 bits per heavy atom. The maximum absolute atomic E-state index is 11.4. The zero-order valence-corrected chi connectivity index (χ0v) is 8.62. The summed E-state index contributed by atoms with van der Waals surface area (Å²) in [5, 5.41) is 2.42. The van der Waals surface area contributed by atoms with Crippen molar-refractivity contribution < 1.29 is 9.59 Å². The van der Waals surface area contributed by atoms with Crippen molar-refractivity contribution in [1.82, 2.24) is 5.32 Å².